The summed E-state index contributed by atoms with van der Waals surface area (Å²) in [6.07, 6.45) is 2.31. The zero-order valence-electron chi connectivity index (χ0n) is 10.1. The number of hydrogen-bond acceptors (Lipinski definition) is 3. The molecule has 0 saturated heterocycles. The van der Waals surface area contributed by atoms with Gasteiger partial charge >= 0.3 is 5.97 Å². The second kappa shape index (κ2) is 4.79. The van der Waals surface area contributed by atoms with E-state index >= 15 is 0 Å². The Balaban J connectivity index is 2.33. The highest BCUT2D eigenvalue weighted by Crippen LogP contribution is 2.51. The van der Waals surface area contributed by atoms with E-state index in [9.17, 15) is 9.90 Å². The molecule has 0 aliphatic heterocycles. The van der Waals surface area contributed by atoms with Crippen molar-refractivity contribution in [2.45, 2.75) is 25.2 Å². The maximum atomic E-state index is 11.5. The highest BCUT2D eigenvalue weighted by Gasteiger charge is 2.50. The fourth-order valence-electron chi connectivity index (χ4n) is 2.74. The molecule has 1 fully saturated rings. The van der Waals surface area contributed by atoms with E-state index in [1.807, 2.05) is 12.1 Å². The summed E-state index contributed by atoms with van der Waals surface area (Å²) in [5.41, 5.74) is 6.57. The molecular formula is C14H16N2O2. The van der Waals surface area contributed by atoms with Crippen molar-refractivity contribution in [2.24, 2.45) is 11.1 Å². The van der Waals surface area contributed by atoms with E-state index in [1.165, 1.54) is 0 Å². The molecular weight excluding hydrogens is 228 g/mol. The number of nitriles is 1. The highest BCUT2D eigenvalue weighted by molar-refractivity contribution is 5.77. The third kappa shape index (κ3) is 1.87. The first kappa shape index (κ1) is 12.6. The molecule has 1 aliphatic rings. The zero-order valence-corrected chi connectivity index (χ0v) is 10.1. The second-order valence-corrected chi connectivity index (χ2v) is 4.84. The molecule has 0 heterocycles. The minimum Gasteiger partial charge on any atom is -0.481 e. The molecule has 18 heavy (non-hydrogen) atoms. The van der Waals surface area contributed by atoms with Crippen molar-refractivity contribution in [1.29, 1.82) is 5.26 Å². The second-order valence-electron chi connectivity index (χ2n) is 4.84. The van der Waals surface area contributed by atoms with E-state index in [0.29, 0.717) is 24.9 Å². The SMILES string of the molecule is N#Cc1ccc([C@H](CN)C2(C(=O)O)CCC2)cc1. The third-order valence-corrected chi connectivity index (χ3v) is 4.02. The van der Waals surface area contributed by atoms with Crippen molar-refractivity contribution >= 4 is 5.97 Å². The number of aliphatic carboxylic acids is 1. The Labute approximate surface area is 106 Å². The number of nitrogens with zero attached hydrogens (tertiary/aromatic N) is 1. The van der Waals surface area contributed by atoms with Gasteiger partial charge in [-0.1, -0.05) is 18.6 Å². The van der Waals surface area contributed by atoms with E-state index in [0.717, 1.165) is 12.0 Å². The van der Waals surface area contributed by atoms with Crippen LogP contribution in [0.25, 0.3) is 0 Å². The lowest BCUT2D eigenvalue weighted by Gasteiger charge is -2.44. The molecule has 1 aromatic carbocycles. The molecule has 94 valence electrons. The molecule has 0 radical (unpaired) electrons. The van der Waals surface area contributed by atoms with Crippen molar-refractivity contribution in [3.05, 3.63) is 35.4 Å². The summed E-state index contributed by atoms with van der Waals surface area (Å²) in [6.45, 7) is 0.318. The first-order valence-electron chi connectivity index (χ1n) is 6.07. The van der Waals surface area contributed by atoms with Crippen LogP contribution in [0.3, 0.4) is 0 Å². The van der Waals surface area contributed by atoms with Gasteiger partial charge in [-0.25, -0.2) is 0 Å². The van der Waals surface area contributed by atoms with E-state index in [2.05, 4.69) is 6.07 Å². The van der Waals surface area contributed by atoms with Gasteiger partial charge in [-0.3, -0.25) is 4.79 Å². The molecule has 1 aromatic rings. The van der Waals surface area contributed by atoms with E-state index < -0.39 is 11.4 Å². The third-order valence-electron chi connectivity index (χ3n) is 4.02. The average molecular weight is 244 g/mol. The number of carboxylic acid groups (broad SMARTS) is 1. The van der Waals surface area contributed by atoms with E-state index in [-0.39, 0.29) is 5.92 Å². The lowest BCUT2D eigenvalue weighted by molar-refractivity contribution is -0.156. The Morgan fingerprint density at radius 1 is 1.44 bits per heavy atom. The molecule has 2 rings (SSSR count). The van der Waals surface area contributed by atoms with Crippen LogP contribution in [0.15, 0.2) is 24.3 Å². The number of carbonyl (C=O) groups is 1. The van der Waals surface area contributed by atoms with Crippen LogP contribution >= 0.6 is 0 Å². The largest absolute Gasteiger partial charge is 0.481 e. The first-order chi connectivity index (χ1) is 8.64. The number of hydrogen-bond donors (Lipinski definition) is 2. The molecule has 4 heteroatoms. The smallest absolute Gasteiger partial charge is 0.310 e. The molecule has 1 aliphatic carbocycles. The summed E-state index contributed by atoms with van der Waals surface area (Å²) in [4.78, 5) is 11.5. The number of nitrogens with two attached hydrogens (primary N) is 1. The van der Waals surface area contributed by atoms with Gasteiger partial charge in [0.25, 0.3) is 0 Å². The molecule has 1 saturated carbocycles. The van der Waals surface area contributed by atoms with Crippen LogP contribution in [0.2, 0.25) is 0 Å². The van der Waals surface area contributed by atoms with E-state index in [4.69, 9.17) is 11.0 Å². The number of benzene rings is 1. The molecule has 0 unspecified atom stereocenters. The van der Waals surface area contributed by atoms with Gasteiger partial charge in [0.2, 0.25) is 0 Å². The van der Waals surface area contributed by atoms with Crippen LogP contribution in [-0.2, 0) is 4.79 Å². The minimum absolute atomic E-state index is 0.170. The van der Waals surface area contributed by atoms with Gasteiger partial charge in [0.1, 0.15) is 0 Å². The Hall–Kier alpha value is -1.86. The Bertz CT molecular complexity index is 484. The predicted molar refractivity (Wildman–Crippen MR) is 66.9 cm³/mol. The quantitative estimate of drug-likeness (QED) is 0.846. The van der Waals surface area contributed by atoms with Gasteiger partial charge in [0, 0.05) is 12.5 Å². The van der Waals surface area contributed by atoms with Crippen LogP contribution in [0.5, 0.6) is 0 Å². The number of rotatable bonds is 4. The predicted octanol–water partition coefficient (Wildman–Crippen LogP) is 1.86. The molecule has 3 N–H and O–H groups in total. The van der Waals surface area contributed by atoms with Crippen LogP contribution < -0.4 is 5.73 Å². The van der Waals surface area contributed by atoms with Crippen molar-refractivity contribution in [3.8, 4) is 6.07 Å². The molecule has 1 atom stereocenters. The van der Waals surface area contributed by atoms with Gasteiger partial charge in [-0.2, -0.15) is 5.26 Å². The van der Waals surface area contributed by atoms with Crippen molar-refractivity contribution in [3.63, 3.8) is 0 Å². The average Bonchev–Trinajstić information content (AvgIpc) is 2.33. The normalized spacial score (nSPS) is 18.4. The fourth-order valence-corrected chi connectivity index (χ4v) is 2.74. The molecule has 0 aromatic heterocycles. The molecule has 0 bridgehead atoms. The molecule has 0 spiro atoms. The van der Waals surface area contributed by atoms with Gasteiger partial charge in [0.15, 0.2) is 0 Å². The highest BCUT2D eigenvalue weighted by atomic mass is 16.4. The lowest BCUT2D eigenvalue weighted by Crippen LogP contribution is -2.45. The summed E-state index contributed by atoms with van der Waals surface area (Å²) in [5, 5.41) is 18.2. The topological polar surface area (TPSA) is 87.1 Å². The summed E-state index contributed by atoms with van der Waals surface area (Å²) < 4.78 is 0. The van der Waals surface area contributed by atoms with Crippen molar-refractivity contribution < 1.29 is 9.90 Å². The maximum absolute atomic E-state index is 11.5. The minimum atomic E-state index is -0.756. The number of carboxylic acids is 1. The first-order valence-corrected chi connectivity index (χ1v) is 6.07. The van der Waals surface area contributed by atoms with Crippen molar-refractivity contribution in [2.75, 3.05) is 6.54 Å². The Morgan fingerprint density at radius 2 is 2.06 bits per heavy atom. The molecule has 0 amide bonds. The van der Waals surface area contributed by atoms with Gasteiger partial charge in [-0.05, 0) is 30.5 Å². The standard InChI is InChI=1S/C14H16N2O2/c15-8-10-2-4-11(5-3-10)12(9-16)14(13(17)18)6-1-7-14/h2-5,12H,1,6-7,9,16H2,(H,17,18)/t12-/m0/s1. The lowest BCUT2D eigenvalue weighted by atomic mass is 9.59. The fraction of sp³-hybridized carbons (Fsp3) is 0.429. The van der Waals surface area contributed by atoms with Gasteiger partial charge < -0.3 is 10.8 Å². The Kier molecular flexibility index (Phi) is 3.35. The summed E-state index contributed by atoms with van der Waals surface area (Å²) in [7, 11) is 0. The monoisotopic (exact) mass is 244 g/mol. The van der Waals surface area contributed by atoms with Crippen LogP contribution in [0.1, 0.15) is 36.3 Å². The van der Waals surface area contributed by atoms with E-state index in [1.54, 1.807) is 12.1 Å². The Morgan fingerprint density at radius 3 is 2.39 bits per heavy atom. The molecule has 4 nitrogen and oxygen atoms in total. The maximum Gasteiger partial charge on any atom is 0.310 e. The van der Waals surface area contributed by atoms with Crippen LogP contribution in [-0.4, -0.2) is 17.6 Å². The van der Waals surface area contributed by atoms with Crippen LogP contribution in [0.4, 0.5) is 0 Å². The van der Waals surface area contributed by atoms with Gasteiger partial charge in [-0.15, -0.1) is 0 Å². The van der Waals surface area contributed by atoms with Gasteiger partial charge in [0.05, 0.1) is 17.0 Å². The van der Waals surface area contributed by atoms with Crippen molar-refractivity contribution in [1.82, 2.24) is 0 Å². The summed E-state index contributed by atoms with van der Waals surface area (Å²) >= 11 is 0. The van der Waals surface area contributed by atoms with Crippen LogP contribution in [0, 0.1) is 16.7 Å². The summed E-state index contributed by atoms with van der Waals surface area (Å²) in [5.74, 6) is -0.926. The zero-order chi connectivity index (χ0) is 13.2. The summed E-state index contributed by atoms with van der Waals surface area (Å²) in [6, 6.07) is 9.12.